The molecule has 0 aromatic heterocycles. The summed E-state index contributed by atoms with van der Waals surface area (Å²) >= 11 is 0. The topological polar surface area (TPSA) is 43.1 Å². The van der Waals surface area contributed by atoms with Gasteiger partial charge in [-0.3, -0.25) is 0 Å². The molecule has 0 heterocycles. The second kappa shape index (κ2) is 8.04. The van der Waals surface area contributed by atoms with E-state index >= 15 is 0 Å². The minimum atomic E-state index is 0.598. The molecule has 0 amide bonds. The number of hydrogen-bond donors (Lipinski definition) is 1. The smallest absolute Gasteiger partial charge is 0.119 e. The molecule has 0 saturated heterocycles. The fourth-order valence-electron chi connectivity index (χ4n) is 0.999. The summed E-state index contributed by atoms with van der Waals surface area (Å²) in [6.45, 7) is 6.32. The third-order valence-electron chi connectivity index (χ3n) is 2.01. The molecule has 0 bridgehead atoms. The van der Waals surface area contributed by atoms with E-state index in [9.17, 15) is 4.79 Å². The van der Waals surface area contributed by atoms with Gasteiger partial charge < -0.3 is 10.5 Å². The number of aldehydes is 1. The minimum Gasteiger partial charge on any atom is -0.399 e. The Morgan fingerprint density at radius 2 is 1.80 bits per heavy atom. The van der Waals surface area contributed by atoms with E-state index < -0.39 is 0 Å². The third-order valence-corrected chi connectivity index (χ3v) is 2.01. The molecule has 1 aromatic carbocycles. The average molecular weight is 207 g/mol. The molecule has 0 spiro atoms. The zero-order valence-electron chi connectivity index (χ0n) is 9.86. The quantitative estimate of drug-likeness (QED) is 0.610. The van der Waals surface area contributed by atoms with Gasteiger partial charge in [-0.1, -0.05) is 32.9 Å². The number of nitrogen functional groups attached to an aromatic ring is 1. The van der Waals surface area contributed by atoms with Gasteiger partial charge >= 0.3 is 0 Å². The molecule has 1 aromatic rings. The maximum Gasteiger partial charge on any atom is 0.119 e. The highest BCUT2D eigenvalue weighted by Gasteiger charge is 1.95. The molecule has 0 unspecified atom stereocenters. The van der Waals surface area contributed by atoms with E-state index in [1.807, 2.05) is 19.1 Å². The number of rotatable bonds is 3. The molecule has 0 atom stereocenters. The van der Waals surface area contributed by atoms with Gasteiger partial charge in [0.25, 0.3) is 0 Å². The van der Waals surface area contributed by atoms with E-state index in [0.29, 0.717) is 12.3 Å². The van der Waals surface area contributed by atoms with Crippen LogP contribution in [0.4, 0.5) is 5.69 Å². The van der Waals surface area contributed by atoms with Gasteiger partial charge in [0, 0.05) is 12.1 Å². The Kier molecular flexibility index (Phi) is 7.33. The lowest BCUT2D eigenvalue weighted by Crippen LogP contribution is -1.88. The number of hydrogen-bond acceptors (Lipinski definition) is 2. The van der Waals surface area contributed by atoms with Crippen LogP contribution in [-0.4, -0.2) is 6.29 Å². The predicted molar refractivity (Wildman–Crippen MR) is 65.9 cm³/mol. The lowest BCUT2D eigenvalue weighted by atomic mass is 10.0. The van der Waals surface area contributed by atoms with Gasteiger partial charge in [0.1, 0.15) is 6.29 Å². The van der Waals surface area contributed by atoms with Crippen LogP contribution in [0.3, 0.4) is 0 Å². The van der Waals surface area contributed by atoms with Gasteiger partial charge in [-0.2, -0.15) is 0 Å². The summed E-state index contributed by atoms with van der Waals surface area (Å²) in [6.07, 6.45) is 2.61. The molecule has 2 N–H and O–H groups in total. The average Bonchev–Trinajstić information content (AvgIpc) is 2.20. The normalized spacial score (nSPS) is 9.33. The number of benzene rings is 1. The Balaban J connectivity index is 0.000000336. The van der Waals surface area contributed by atoms with Gasteiger partial charge in [-0.05, 0) is 30.0 Å². The highest BCUT2D eigenvalue weighted by molar-refractivity contribution is 5.48. The summed E-state index contributed by atoms with van der Waals surface area (Å²) in [5.41, 5.74) is 7.71. The van der Waals surface area contributed by atoms with E-state index in [4.69, 9.17) is 5.73 Å². The lowest BCUT2D eigenvalue weighted by Gasteiger charge is -2.03. The van der Waals surface area contributed by atoms with Crippen LogP contribution in [0.15, 0.2) is 24.3 Å². The predicted octanol–water partition coefficient (Wildman–Crippen LogP) is 3.38. The Morgan fingerprint density at radius 1 is 1.27 bits per heavy atom. The Labute approximate surface area is 92.5 Å². The highest BCUT2D eigenvalue weighted by Crippen LogP contribution is 2.14. The monoisotopic (exact) mass is 207 g/mol. The van der Waals surface area contributed by atoms with Crippen LogP contribution in [-0.2, 0) is 4.79 Å². The van der Waals surface area contributed by atoms with Gasteiger partial charge in [0.15, 0.2) is 0 Å². The van der Waals surface area contributed by atoms with Crippen LogP contribution in [0, 0.1) is 0 Å². The van der Waals surface area contributed by atoms with Crippen LogP contribution in [0.2, 0.25) is 0 Å². The van der Waals surface area contributed by atoms with Crippen molar-refractivity contribution in [1.29, 1.82) is 0 Å². The molecule has 1 rings (SSSR count). The SMILES string of the molecule is CC(C)c1ccc(N)cc1.CCCC=O. The molecule has 0 radical (unpaired) electrons. The van der Waals surface area contributed by atoms with Crippen molar-refractivity contribution >= 4 is 12.0 Å². The van der Waals surface area contributed by atoms with Gasteiger partial charge in [0.2, 0.25) is 0 Å². The van der Waals surface area contributed by atoms with E-state index in [0.717, 1.165) is 18.4 Å². The Bertz CT molecular complexity index is 264. The van der Waals surface area contributed by atoms with Crippen molar-refractivity contribution in [2.45, 2.75) is 39.5 Å². The van der Waals surface area contributed by atoms with Crippen LogP contribution in [0.5, 0.6) is 0 Å². The van der Waals surface area contributed by atoms with Crippen molar-refractivity contribution in [3.8, 4) is 0 Å². The molecule has 2 nitrogen and oxygen atoms in total. The number of carbonyl (C=O) groups is 1. The number of nitrogens with two attached hydrogens (primary N) is 1. The Morgan fingerprint density at radius 3 is 2.07 bits per heavy atom. The van der Waals surface area contributed by atoms with Crippen LogP contribution < -0.4 is 5.73 Å². The zero-order valence-corrected chi connectivity index (χ0v) is 9.86. The second-order valence-electron chi connectivity index (χ2n) is 3.78. The molecule has 0 aliphatic carbocycles. The molecule has 0 aliphatic heterocycles. The van der Waals surface area contributed by atoms with Crippen LogP contribution in [0.1, 0.15) is 45.1 Å². The summed E-state index contributed by atoms with van der Waals surface area (Å²) in [6, 6.07) is 8.02. The second-order valence-corrected chi connectivity index (χ2v) is 3.78. The van der Waals surface area contributed by atoms with E-state index in [1.165, 1.54) is 5.56 Å². The molecule has 0 saturated carbocycles. The van der Waals surface area contributed by atoms with E-state index in [2.05, 4.69) is 26.0 Å². The summed E-state index contributed by atoms with van der Waals surface area (Å²) < 4.78 is 0. The summed E-state index contributed by atoms with van der Waals surface area (Å²) in [4.78, 5) is 9.40. The number of carbonyl (C=O) groups excluding carboxylic acids is 1. The van der Waals surface area contributed by atoms with E-state index in [-0.39, 0.29) is 0 Å². The maximum atomic E-state index is 9.40. The fourth-order valence-corrected chi connectivity index (χ4v) is 0.999. The summed E-state index contributed by atoms with van der Waals surface area (Å²) in [7, 11) is 0. The van der Waals surface area contributed by atoms with Crippen molar-refractivity contribution in [2.75, 3.05) is 5.73 Å². The molecule has 84 valence electrons. The van der Waals surface area contributed by atoms with Gasteiger partial charge in [-0.15, -0.1) is 0 Å². The number of anilines is 1. The Hall–Kier alpha value is -1.31. The zero-order chi connectivity index (χ0) is 11.7. The maximum absolute atomic E-state index is 9.40. The first-order chi connectivity index (χ1) is 7.11. The van der Waals surface area contributed by atoms with E-state index in [1.54, 1.807) is 0 Å². The fraction of sp³-hybridized carbons (Fsp3) is 0.462. The summed E-state index contributed by atoms with van der Waals surface area (Å²) in [5, 5.41) is 0. The first-order valence-electron chi connectivity index (χ1n) is 5.40. The highest BCUT2D eigenvalue weighted by atomic mass is 16.1. The van der Waals surface area contributed by atoms with Crippen molar-refractivity contribution in [2.24, 2.45) is 0 Å². The molecule has 0 aliphatic rings. The first-order valence-corrected chi connectivity index (χ1v) is 5.40. The van der Waals surface area contributed by atoms with Gasteiger partial charge in [-0.25, -0.2) is 0 Å². The van der Waals surface area contributed by atoms with Crippen molar-refractivity contribution in [1.82, 2.24) is 0 Å². The molecule has 15 heavy (non-hydrogen) atoms. The van der Waals surface area contributed by atoms with Gasteiger partial charge in [0.05, 0.1) is 0 Å². The first kappa shape index (κ1) is 13.7. The largest absolute Gasteiger partial charge is 0.399 e. The molecular formula is C13H21NO. The van der Waals surface area contributed by atoms with Crippen LogP contribution in [0.25, 0.3) is 0 Å². The third kappa shape index (κ3) is 6.72. The molecular weight excluding hydrogens is 186 g/mol. The lowest BCUT2D eigenvalue weighted by molar-refractivity contribution is -0.107. The van der Waals surface area contributed by atoms with Crippen molar-refractivity contribution in [3.05, 3.63) is 29.8 Å². The minimum absolute atomic E-state index is 0.598. The van der Waals surface area contributed by atoms with Crippen molar-refractivity contribution < 1.29 is 4.79 Å². The van der Waals surface area contributed by atoms with Crippen molar-refractivity contribution in [3.63, 3.8) is 0 Å². The standard InChI is InChI=1S/C9H13N.C4H8O/c1-7(2)8-3-5-9(10)6-4-8;1-2-3-4-5/h3-7H,10H2,1-2H3;4H,2-3H2,1H3. The van der Waals surface area contributed by atoms with Crippen LogP contribution >= 0.6 is 0 Å². The summed E-state index contributed by atoms with van der Waals surface area (Å²) in [5.74, 6) is 0.598. The molecule has 0 fully saturated rings. The number of unbranched alkanes of at least 4 members (excludes halogenated alkanes) is 1. The molecule has 2 heteroatoms.